The predicted molar refractivity (Wildman–Crippen MR) is 122 cm³/mol. The Morgan fingerprint density at radius 2 is 1.77 bits per heavy atom. The highest BCUT2D eigenvalue weighted by atomic mass is 127. The van der Waals surface area contributed by atoms with Crippen molar-refractivity contribution in [3.63, 3.8) is 0 Å². The Hall–Kier alpha value is -1.96. The third kappa shape index (κ3) is 7.95. The highest BCUT2D eigenvalue weighted by Gasteiger charge is 2.01. The summed E-state index contributed by atoms with van der Waals surface area (Å²) < 4.78 is 5.62. The van der Waals surface area contributed by atoms with E-state index in [1.54, 1.807) is 0 Å². The molecular formula is C20H29IN4O. The second-order valence-electron chi connectivity index (χ2n) is 6.19. The summed E-state index contributed by atoms with van der Waals surface area (Å²) in [6.07, 6.45) is 1.11. The van der Waals surface area contributed by atoms with Gasteiger partial charge in [0.05, 0.1) is 6.10 Å². The highest BCUT2D eigenvalue weighted by molar-refractivity contribution is 14.0. The molecule has 2 aromatic rings. The van der Waals surface area contributed by atoms with Gasteiger partial charge < -0.3 is 20.7 Å². The molecule has 0 amide bonds. The van der Waals surface area contributed by atoms with Gasteiger partial charge in [0, 0.05) is 31.5 Å². The number of rotatable bonds is 8. The second-order valence-corrected chi connectivity index (χ2v) is 6.19. The number of para-hydroxylation sites is 1. The van der Waals surface area contributed by atoms with E-state index in [1.165, 1.54) is 5.69 Å². The maximum Gasteiger partial charge on any atom is 0.193 e. The predicted octanol–water partition coefficient (Wildman–Crippen LogP) is 4.34. The number of hydrogen-bond donors (Lipinski definition) is 2. The van der Waals surface area contributed by atoms with Gasteiger partial charge in [-0.3, -0.25) is 4.99 Å². The average Bonchev–Trinajstić information content (AvgIpc) is 2.60. The van der Waals surface area contributed by atoms with Crippen LogP contribution in [0.3, 0.4) is 0 Å². The van der Waals surface area contributed by atoms with Crippen molar-refractivity contribution in [3.8, 4) is 5.75 Å². The van der Waals surface area contributed by atoms with Crippen molar-refractivity contribution in [2.24, 2.45) is 10.7 Å². The van der Waals surface area contributed by atoms with Crippen molar-refractivity contribution in [2.75, 3.05) is 30.4 Å². The Morgan fingerprint density at radius 3 is 2.38 bits per heavy atom. The number of aliphatic imine (C=N–C) groups is 1. The number of nitrogens with zero attached hydrogens (tertiary/aromatic N) is 2. The number of anilines is 2. The van der Waals surface area contributed by atoms with Crippen LogP contribution in [0.1, 0.15) is 20.3 Å². The molecule has 0 aromatic heterocycles. The van der Waals surface area contributed by atoms with E-state index in [0.717, 1.165) is 24.4 Å². The lowest BCUT2D eigenvalue weighted by atomic mass is 10.3. The molecule has 5 nitrogen and oxygen atoms in total. The Labute approximate surface area is 173 Å². The topological polar surface area (TPSA) is 62.9 Å². The summed E-state index contributed by atoms with van der Waals surface area (Å²) in [5.41, 5.74) is 8.06. The summed E-state index contributed by atoms with van der Waals surface area (Å²) in [4.78, 5) is 6.60. The molecule has 0 unspecified atom stereocenters. The first-order chi connectivity index (χ1) is 12.0. The smallest absolute Gasteiger partial charge is 0.193 e. The van der Waals surface area contributed by atoms with E-state index in [2.05, 4.69) is 34.4 Å². The van der Waals surface area contributed by atoms with Crippen molar-refractivity contribution < 1.29 is 4.74 Å². The van der Waals surface area contributed by atoms with E-state index < -0.39 is 0 Å². The minimum atomic E-state index is 0. The van der Waals surface area contributed by atoms with Crippen LogP contribution in [0.2, 0.25) is 0 Å². The molecule has 0 heterocycles. The van der Waals surface area contributed by atoms with E-state index >= 15 is 0 Å². The minimum Gasteiger partial charge on any atom is -0.491 e. The second kappa shape index (κ2) is 11.6. The fraction of sp³-hybridized carbons (Fsp3) is 0.350. The van der Waals surface area contributed by atoms with Crippen LogP contribution in [0, 0.1) is 0 Å². The third-order valence-electron chi connectivity index (χ3n) is 3.63. The zero-order chi connectivity index (χ0) is 18.1. The fourth-order valence-corrected chi connectivity index (χ4v) is 2.40. The molecule has 0 aliphatic heterocycles. The van der Waals surface area contributed by atoms with Gasteiger partial charge in [-0.25, -0.2) is 0 Å². The summed E-state index contributed by atoms with van der Waals surface area (Å²) >= 11 is 0. The van der Waals surface area contributed by atoms with Gasteiger partial charge in [0.15, 0.2) is 5.96 Å². The fourth-order valence-electron chi connectivity index (χ4n) is 2.40. The van der Waals surface area contributed by atoms with Gasteiger partial charge in [0.1, 0.15) is 5.75 Å². The van der Waals surface area contributed by atoms with Gasteiger partial charge >= 0.3 is 0 Å². The quantitative estimate of drug-likeness (QED) is 0.262. The largest absolute Gasteiger partial charge is 0.491 e. The zero-order valence-electron chi connectivity index (χ0n) is 15.7. The van der Waals surface area contributed by atoms with Gasteiger partial charge in [-0.1, -0.05) is 18.2 Å². The number of benzene rings is 2. The summed E-state index contributed by atoms with van der Waals surface area (Å²) in [7, 11) is 2.08. The van der Waals surface area contributed by atoms with Gasteiger partial charge in [-0.15, -0.1) is 24.0 Å². The maximum absolute atomic E-state index is 5.95. The van der Waals surface area contributed by atoms with Crippen LogP contribution in [0.4, 0.5) is 11.4 Å². The first-order valence-corrected chi connectivity index (χ1v) is 8.64. The van der Waals surface area contributed by atoms with Gasteiger partial charge in [0.2, 0.25) is 0 Å². The lowest BCUT2D eigenvalue weighted by molar-refractivity contribution is 0.242. The van der Waals surface area contributed by atoms with Gasteiger partial charge in [0.25, 0.3) is 0 Å². The van der Waals surface area contributed by atoms with Crippen LogP contribution in [-0.2, 0) is 0 Å². The molecule has 0 aliphatic rings. The normalized spacial score (nSPS) is 11.0. The molecule has 3 N–H and O–H groups in total. The van der Waals surface area contributed by atoms with Crippen LogP contribution in [0.25, 0.3) is 0 Å². The van der Waals surface area contributed by atoms with Crippen molar-refractivity contribution in [1.29, 1.82) is 0 Å². The molecular weight excluding hydrogens is 439 g/mol. The average molecular weight is 468 g/mol. The highest BCUT2D eigenvalue weighted by Crippen LogP contribution is 2.16. The van der Waals surface area contributed by atoms with Crippen LogP contribution in [-0.4, -0.2) is 32.2 Å². The van der Waals surface area contributed by atoms with Gasteiger partial charge in [-0.05, 0) is 56.7 Å². The summed E-state index contributed by atoms with van der Waals surface area (Å²) in [6, 6.07) is 18.0. The molecule has 0 saturated heterocycles. The summed E-state index contributed by atoms with van der Waals surface area (Å²) in [5, 5.41) is 3.10. The molecule has 26 heavy (non-hydrogen) atoms. The standard InChI is InChI=1S/C20H28N4O.HI/c1-16(2)25-19-12-10-17(11-13-19)23-20(21)22-14-7-15-24(3)18-8-5-4-6-9-18;/h4-6,8-13,16H,7,14-15H2,1-3H3,(H3,21,22,23);1H. The first-order valence-electron chi connectivity index (χ1n) is 8.64. The van der Waals surface area contributed by atoms with Crippen molar-refractivity contribution in [2.45, 2.75) is 26.4 Å². The molecule has 2 aromatic carbocycles. The first kappa shape index (κ1) is 22.1. The number of nitrogens with two attached hydrogens (primary N) is 1. The van der Waals surface area contributed by atoms with E-state index in [-0.39, 0.29) is 30.1 Å². The number of nitrogens with one attached hydrogen (secondary N) is 1. The Morgan fingerprint density at radius 1 is 1.12 bits per heavy atom. The van der Waals surface area contributed by atoms with E-state index in [4.69, 9.17) is 10.5 Å². The molecule has 142 valence electrons. The van der Waals surface area contributed by atoms with E-state index in [9.17, 15) is 0 Å². The van der Waals surface area contributed by atoms with Gasteiger partial charge in [-0.2, -0.15) is 0 Å². The van der Waals surface area contributed by atoms with Crippen LogP contribution in [0.15, 0.2) is 59.6 Å². The third-order valence-corrected chi connectivity index (χ3v) is 3.63. The lowest BCUT2D eigenvalue weighted by Crippen LogP contribution is -2.24. The van der Waals surface area contributed by atoms with Crippen molar-refractivity contribution in [3.05, 3.63) is 54.6 Å². The number of hydrogen-bond acceptors (Lipinski definition) is 3. The molecule has 0 radical (unpaired) electrons. The van der Waals surface area contributed by atoms with Crippen molar-refractivity contribution in [1.82, 2.24) is 0 Å². The molecule has 2 rings (SSSR count). The van der Waals surface area contributed by atoms with E-state index in [0.29, 0.717) is 12.5 Å². The lowest BCUT2D eigenvalue weighted by Gasteiger charge is -2.18. The SMILES string of the molecule is CC(C)Oc1ccc(NC(N)=NCCCN(C)c2ccccc2)cc1.I. The molecule has 6 heteroatoms. The van der Waals surface area contributed by atoms with Crippen LogP contribution >= 0.6 is 24.0 Å². The molecule has 0 atom stereocenters. The van der Waals surface area contributed by atoms with Crippen LogP contribution in [0.5, 0.6) is 5.75 Å². The van der Waals surface area contributed by atoms with Crippen LogP contribution < -0.4 is 20.7 Å². The molecule has 0 bridgehead atoms. The molecule has 0 fully saturated rings. The molecule has 0 saturated carbocycles. The van der Waals surface area contributed by atoms with Crippen molar-refractivity contribution >= 4 is 41.3 Å². The summed E-state index contributed by atoms with van der Waals surface area (Å²) in [5.74, 6) is 1.28. The minimum absolute atomic E-state index is 0. The monoisotopic (exact) mass is 468 g/mol. The maximum atomic E-state index is 5.95. The Kier molecular flexibility index (Phi) is 9.87. The Bertz CT molecular complexity index is 659. The number of ether oxygens (including phenoxy) is 1. The molecule has 0 aliphatic carbocycles. The summed E-state index contributed by atoms with van der Waals surface area (Å²) in [6.45, 7) is 5.63. The van der Waals surface area contributed by atoms with E-state index in [1.807, 2.05) is 56.3 Å². The molecule has 0 spiro atoms. The zero-order valence-corrected chi connectivity index (χ0v) is 18.0. The number of halogens is 1. The Balaban J connectivity index is 0.00000338. The number of guanidine groups is 1.